The smallest absolute Gasteiger partial charge is 0.330 e. The van der Waals surface area contributed by atoms with Crippen molar-refractivity contribution in [2.75, 3.05) is 11.5 Å². The van der Waals surface area contributed by atoms with Crippen LogP contribution in [0.2, 0.25) is 0 Å². The molecular formula is C20H16N2O2S4. The number of ether oxygens (including phenoxy) is 1. The van der Waals surface area contributed by atoms with E-state index >= 15 is 0 Å². The molecule has 0 aliphatic rings. The van der Waals surface area contributed by atoms with E-state index in [4.69, 9.17) is 4.74 Å². The quantitative estimate of drug-likeness (QED) is 0.192. The Morgan fingerprint density at radius 1 is 0.964 bits per heavy atom. The van der Waals surface area contributed by atoms with Crippen molar-refractivity contribution in [3.8, 4) is 0 Å². The van der Waals surface area contributed by atoms with Crippen molar-refractivity contribution in [3.63, 3.8) is 0 Å². The van der Waals surface area contributed by atoms with Gasteiger partial charge in [-0.15, -0.1) is 22.7 Å². The van der Waals surface area contributed by atoms with Gasteiger partial charge in [0.05, 0.1) is 20.4 Å². The fourth-order valence-corrected chi connectivity index (χ4v) is 6.80. The third-order valence-electron chi connectivity index (χ3n) is 3.78. The molecule has 4 aromatic rings. The first kappa shape index (κ1) is 19.4. The summed E-state index contributed by atoms with van der Waals surface area (Å²) in [6.45, 7) is 3.50. The van der Waals surface area contributed by atoms with E-state index < -0.39 is 5.97 Å². The monoisotopic (exact) mass is 444 g/mol. The predicted octanol–water partition coefficient (Wildman–Crippen LogP) is 5.89. The van der Waals surface area contributed by atoms with Crippen molar-refractivity contribution >= 4 is 72.6 Å². The van der Waals surface area contributed by atoms with Gasteiger partial charge in [-0.25, -0.2) is 14.8 Å². The first-order chi connectivity index (χ1) is 13.7. The van der Waals surface area contributed by atoms with E-state index in [2.05, 4.69) is 28.7 Å². The van der Waals surface area contributed by atoms with Crippen LogP contribution in [0.25, 0.3) is 20.4 Å². The van der Waals surface area contributed by atoms with Crippen LogP contribution >= 0.6 is 46.2 Å². The average molecular weight is 445 g/mol. The van der Waals surface area contributed by atoms with E-state index in [0.717, 1.165) is 29.1 Å². The maximum Gasteiger partial charge on any atom is 0.330 e. The van der Waals surface area contributed by atoms with E-state index in [1.807, 2.05) is 36.4 Å². The standard InChI is InChI=1S/C20H16N2O2S4/c1-2-18(23)24-13(11-25-19-21-14-7-3-5-9-16(14)27-19)12-26-20-22-15-8-4-6-10-17(15)28-20/h2-10,13H,1,11-12H2. The number of para-hydroxylation sites is 2. The molecule has 0 saturated heterocycles. The molecule has 0 unspecified atom stereocenters. The van der Waals surface area contributed by atoms with E-state index in [-0.39, 0.29) is 6.10 Å². The Hall–Kier alpha value is -1.87. The van der Waals surface area contributed by atoms with E-state index in [0.29, 0.717) is 11.5 Å². The molecule has 0 fully saturated rings. The lowest BCUT2D eigenvalue weighted by Gasteiger charge is -2.15. The molecule has 0 radical (unpaired) electrons. The minimum absolute atomic E-state index is 0.250. The molecule has 142 valence electrons. The van der Waals surface area contributed by atoms with Crippen LogP contribution in [-0.4, -0.2) is 33.5 Å². The highest BCUT2D eigenvalue weighted by molar-refractivity contribution is 8.02. The Labute approximate surface area is 179 Å². The number of hydrogen-bond acceptors (Lipinski definition) is 8. The van der Waals surface area contributed by atoms with Crippen LogP contribution in [0.5, 0.6) is 0 Å². The van der Waals surface area contributed by atoms with Crippen LogP contribution in [0, 0.1) is 0 Å². The molecule has 0 aliphatic heterocycles. The lowest BCUT2D eigenvalue weighted by molar-refractivity contribution is -0.140. The fourth-order valence-electron chi connectivity index (χ4n) is 2.48. The lowest BCUT2D eigenvalue weighted by atomic mass is 10.3. The molecule has 0 bridgehead atoms. The highest BCUT2D eigenvalue weighted by Crippen LogP contribution is 2.33. The van der Waals surface area contributed by atoms with Crippen LogP contribution < -0.4 is 0 Å². The first-order valence-electron chi connectivity index (χ1n) is 8.51. The number of esters is 1. The van der Waals surface area contributed by atoms with Crippen LogP contribution in [0.4, 0.5) is 0 Å². The van der Waals surface area contributed by atoms with Crippen LogP contribution in [0.1, 0.15) is 0 Å². The predicted molar refractivity (Wildman–Crippen MR) is 121 cm³/mol. The second-order valence-electron chi connectivity index (χ2n) is 5.78. The van der Waals surface area contributed by atoms with E-state index in [1.165, 1.54) is 6.08 Å². The van der Waals surface area contributed by atoms with Crippen molar-refractivity contribution in [3.05, 3.63) is 61.2 Å². The van der Waals surface area contributed by atoms with Gasteiger partial charge in [0, 0.05) is 17.6 Å². The first-order valence-corrected chi connectivity index (χ1v) is 12.1. The number of carbonyl (C=O) groups is 1. The topological polar surface area (TPSA) is 52.1 Å². The SMILES string of the molecule is C=CC(=O)OC(CSc1nc2ccccc2s1)CSc1nc2ccccc2s1. The number of benzene rings is 2. The number of carbonyl (C=O) groups excluding carboxylic acids is 1. The largest absolute Gasteiger partial charge is 0.457 e. The van der Waals surface area contributed by atoms with Gasteiger partial charge in [-0.2, -0.15) is 0 Å². The lowest BCUT2D eigenvalue weighted by Crippen LogP contribution is -2.22. The van der Waals surface area contributed by atoms with E-state index in [1.54, 1.807) is 46.2 Å². The normalized spacial score (nSPS) is 11.3. The van der Waals surface area contributed by atoms with Gasteiger partial charge in [0.1, 0.15) is 6.10 Å². The van der Waals surface area contributed by atoms with Gasteiger partial charge >= 0.3 is 5.97 Å². The number of hydrogen-bond donors (Lipinski definition) is 0. The molecule has 2 aromatic heterocycles. The third-order valence-corrected chi connectivity index (χ3v) is 8.41. The molecule has 0 amide bonds. The zero-order valence-corrected chi connectivity index (χ0v) is 18.0. The summed E-state index contributed by atoms with van der Waals surface area (Å²) in [6.07, 6.45) is 0.956. The molecule has 28 heavy (non-hydrogen) atoms. The van der Waals surface area contributed by atoms with Gasteiger partial charge < -0.3 is 4.74 Å². The number of nitrogens with zero attached hydrogens (tertiary/aromatic N) is 2. The number of fused-ring (bicyclic) bond motifs is 2. The van der Waals surface area contributed by atoms with Gasteiger partial charge in [-0.1, -0.05) is 54.4 Å². The van der Waals surface area contributed by atoms with Gasteiger partial charge in [-0.05, 0) is 24.3 Å². The minimum atomic E-state index is -0.403. The molecule has 0 aliphatic carbocycles. The Balaban J connectivity index is 1.41. The minimum Gasteiger partial charge on any atom is -0.457 e. The van der Waals surface area contributed by atoms with Crippen molar-refractivity contribution in [1.82, 2.24) is 9.97 Å². The highest BCUT2D eigenvalue weighted by Gasteiger charge is 2.17. The van der Waals surface area contributed by atoms with Crippen LogP contribution in [0.3, 0.4) is 0 Å². The molecule has 0 atom stereocenters. The Kier molecular flexibility index (Phi) is 6.31. The zero-order valence-electron chi connectivity index (χ0n) is 14.7. The Morgan fingerprint density at radius 3 is 1.93 bits per heavy atom. The van der Waals surface area contributed by atoms with Crippen molar-refractivity contribution in [1.29, 1.82) is 0 Å². The van der Waals surface area contributed by atoms with Crippen LogP contribution in [-0.2, 0) is 9.53 Å². The van der Waals surface area contributed by atoms with Gasteiger partial charge in [0.15, 0.2) is 8.68 Å². The summed E-state index contributed by atoms with van der Waals surface area (Å²) in [5, 5.41) is 0. The third kappa shape index (κ3) is 4.75. The maximum absolute atomic E-state index is 11.7. The molecule has 0 spiro atoms. The molecular weight excluding hydrogens is 429 g/mol. The molecule has 8 heteroatoms. The van der Waals surface area contributed by atoms with E-state index in [9.17, 15) is 4.79 Å². The summed E-state index contributed by atoms with van der Waals surface area (Å²) in [7, 11) is 0. The summed E-state index contributed by atoms with van der Waals surface area (Å²) < 4.78 is 9.82. The number of aromatic nitrogens is 2. The number of thioether (sulfide) groups is 2. The average Bonchev–Trinajstić information content (AvgIpc) is 3.32. The Bertz CT molecular complexity index is 978. The molecule has 0 saturated carbocycles. The maximum atomic E-state index is 11.7. The van der Waals surface area contributed by atoms with Gasteiger partial charge in [-0.3, -0.25) is 0 Å². The summed E-state index contributed by atoms with van der Waals surface area (Å²) in [5.41, 5.74) is 2.00. The highest BCUT2D eigenvalue weighted by atomic mass is 32.2. The molecule has 2 heterocycles. The molecule has 0 N–H and O–H groups in total. The second-order valence-corrected chi connectivity index (χ2v) is 10.4. The fraction of sp³-hybridized carbons (Fsp3) is 0.150. The summed E-state index contributed by atoms with van der Waals surface area (Å²) in [6, 6.07) is 16.1. The number of rotatable bonds is 8. The second kappa shape index (κ2) is 9.09. The molecule has 4 nitrogen and oxygen atoms in total. The van der Waals surface area contributed by atoms with Gasteiger partial charge in [0.25, 0.3) is 0 Å². The zero-order chi connectivity index (χ0) is 19.3. The summed E-state index contributed by atoms with van der Waals surface area (Å²) in [4.78, 5) is 21.0. The molecule has 4 rings (SSSR count). The van der Waals surface area contributed by atoms with Crippen molar-refractivity contribution in [2.24, 2.45) is 0 Å². The van der Waals surface area contributed by atoms with Crippen molar-refractivity contribution < 1.29 is 9.53 Å². The van der Waals surface area contributed by atoms with Gasteiger partial charge in [0.2, 0.25) is 0 Å². The van der Waals surface area contributed by atoms with Crippen molar-refractivity contribution in [2.45, 2.75) is 14.8 Å². The summed E-state index contributed by atoms with van der Waals surface area (Å²) in [5.74, 6) is 0.869. The Morgan fingerprint density at radius 2 is 1.46 bits per heavy atom. The summed E-state index contributed by atoms with van der Waals surface area (Å²) >= 11 is 6.54. The number of thiazole rings is 2. The van der Waals surface area contributed by atoms with Crippen LogP contribution in [0.15, 0.2) is 69.9 Å². The molecule has 2 aromatic carbocycles.